The van der Waals surface area contributed by atoms with Crippen LogP contribution in [-0.2, 0) is 4.79 Å². The van der Waals surface area contributed by atoms with E-state index in [0.29, 0.717) is 6.42 Å². The van der Waals surface area contributed by atoms with Crippen LogP contribution >= 0.6 is 0 Å². The van der Waals surface area contributed by atoms with E-state index in [4.69, 9.17) is 0 Å². The van der Waals surface area contributed by atoms with Crippen LogP contribution in [0.25, 0.3) is 0 Å². The molecule has 0 aromatic heterocycles. The lowest BCUT2D eigenvalue weighted by Crippen LogP contribution is -2.45. The average molecular weight is 947 g/mol. The number of allylic oxidation sites excluding steroid dienone is 13. The van der Waals surface area contributed by atoms with Gasteiger partial charge in [0.15, 0.2) is 0 Å². The van der Waals surface area contributed by atoms with Gasteiger partial charge in [0.1, 0.15) is 0 Å². The van der Waals surface area contributed by atoms with Gasteiger partial charge in [-0.2, -0.15) is 0 Å². The van der Waals surface area contributed by atoms with Gasteiger partial charge in [-0.1, -0.05) is 298 Å². The van der Waals surface area contributed by atoms with Crippen molar-refractivity contribution in [1.82, 2.24) is 5.32 Å². The van der Waals surface area contributed by atoms with Crippen LogP contribution in [0.4, 0.5) is 0 Å². The molecule has 4 nitrogen and oxygen atoms in total. The van der Waals surface area contributed by atoms with Gasteiger partial charge in [-0.05, 0) is 77.0 Å². The molecule has 3 N–H and O–H groups in total. The molecule has 0 heterocycles. The van der Waals surface area contributed by atoms with Crippen LogP contribution in [0.15, 0.2) is 85.1 Å². The fourth-order valence-electron chi connectivity index (χ4n) is 8.87. The van der Waals surface area contributed by atoms with Gasteiger partial charge in [0.2, 0.25) is 5.91 Å². The first-order valence-corrected chi connectivity index (χ1v) is 29.8. The zero-order chi connectivity index (χ0) is 49.2. The summed E-state index contributed by atoms with van der Waals surface area (Å²) in [7, 11) is 0. The molecule has 394 valence electrons. The van der Waals surface area contributed by atoms with Crippen molar-refractivity contribution in [2.45, 2.75) is 309 Å². The van der Waals surface area contributed by atoms with Crippen molar-refractivity contribution in [3.05, 3.63) is 85.1 Å². The molecular weight excluding hydrogens is 831 g/mol. The Morgan fingerprint density at radius 1 is 0.368 bits per heavy atom. The molecule has 0 aromatic rings. The highest BCUT2D eigenvalue weighted by atomic mass is 16.3. The minimum Gasteiger partial charge on any atom is -0.394 e. The Bertz CT molecular complexity index is 1210. The molecule has 0 aliphatic carbocycles. The molecule has 0 rings (SSSR count). The van der Waals surface area contributed by atoms with E-state index >= 15 is 0 Å². The molecular formula is C64H115NO3. The Kier molecular flexibility index (Phi) is 56.8. The molecule has 0 aliphatic rings. The van der Waals surface area contributed by atoms with E-state index in [2.05, 4.69) is 92.1 Å². The lowest BCUT2D eigenvalue weighted by Gasteiger charge is -2.19. The molecule has 68 heavy (non-hydrogen) atoms. The van der Waals surface area contributed by atoms with Crippen molar-refractivity contribution in [2.75, 3.05) is 6.61 Å². The van der Waals surface area contributed by atoms with E-state index in [9.17, 15) is 15.0 Å². The van der Waals surface area contributed by atoms with E-state index in [0.717, 1.165) is 64.2 Å². The zero-order valence-corrected chi connectivity index (χ0v) is 45.4. The van der Waals surface area contributed by atoms with Crippen LogP contribution in [0, 0.1) is 0 Å². The van der Waals surface area contributed by atoms with Gasteiger partial charge in [-0.25, -0.2) is 0 Å². The molecule has 0 fully saturated rings. The maximum absolute atomic E-state index is 12.5. The summed E-state index contributed by atoms with van der Waals surface area (Å²) in [4.78, 5) is 12.5. The second kappa shape index (κ2) is 58.9. The summed E-state index contributed by atoms with van der Waals surface area (Å²) in [6.45, 7) is 4.21. The van der Waals surface area contributed by atoms with E-state index in [1.54, 1.807) is 6.08 Å². The highest BCUT2D eigenvalue weighted by Crippen LogP contribution is 2.17. The number of carbonyl (C=O) groups is 1. The standard InChI is InChI=1S/C64H115NO3/c1-3-5-7-9-11-13-15-17-19-21-23-25-27-29-31-32-34-36-38-40-42-44-46-48-50-52-54-56-58-60-64(68)65-62(61-66)63(67)59-57-55-53-51-49-47-45-43-41-39-37-35-33-30-28-26-24-22-20-18-16-14-12-10-8-6-4-2/h5,7,11,13,17,19,23,25,29,31,49,51,57,59,62-63,66-67H,3-4,6,8-10,12,14-16,18,20-22,24,26-28,30,32-48,50,52-56,58,60-61H2,1-2H3,(H,65,68)/b7-5-,13-11-,19-17-,25-23-,31-29-,51-49+,59-57+. The highest BCUT2D eigenvalue weighted by Gasteiger charge is 2.18. The van der Waals surface area contributed by atoms with E-state index in [1.807, 2.05) is 6.08 Å². The summed E-state index contributed by atoms with van der Waals surface area (Å²) in [6.07, 6.45) is 86.2. The molecule has 0 radical (unpaired) electrons. The number of aliphatic hydroxyl groups is 2. The summed E-state index contributed by atoms with van der Waals surface area (Å²) in [5, 5.41) is 23.2. The predicted octanol–water partition coefficient (Wildman–Crippen LogP) is 19.9. The third-order valence-electron chi connectivity index (χ3n) is 13.4. The highest BCUT2D eigenvalue weighted by molar-refractivity contribution is 5.76. The average Bonchev–Trinajstić information content (AvgIpc) is 3.34. The van der Waals surface area contributed by atoms with Crippen LogP contribution in [0.2, 0.25) is 0 Å². The number of amides is 1. The maximum atomic E-state index is 12.5. The number of nitrogens with one attached hydrogen (secondary N) is 1. The van der Waals surface area contributed by atoms with Crippen molar-refractivity contribution < 1.29 is 15.0 Å². The molecule has 2 atom stereocenters. The first-order chi connectivity index (χ1) is 33.7. The lowest BCUT2D eigenvalue weighted by molar-refractivity contribution is -0.123. The predicted molar refractivity (Wildman–Crippen MR) is 303 cm³/mol. The Balaban J connectivity index is 3.54. The summed E-state index contributed by atoms with van der Waals surface area (Å²) in [5.74, 6) is -0.0752. The van der Waals surface area contributed by atoms with Crippen LogP contribution in [0.5, 0.6) is 0 Å². The molecule has 0 aliphatic heterocycles. The van der Waals surface area contributed by atoms with Gasteiger partial charge in [0.05, 0.1) is 18.8 Å². The second-order valence-corrected chi connectivity index (χ2v) is 20.0. The third kappa shape index (κ3) is 54.5. The Labute approximate surface area is 424 Å². The van der Waals surface area contributed by atoms with Gasteiger partial charge in [0, 0.05) is 6.42 Å². The van der Waals surface area contributed by atoms with Crippen molar-refractivity contribution in [3.63, 3.8) is 0 Å². The largest absolute Gasteiger partial charge is 0.394 e. The molecule has 0 saturated carbocycles. The summed E-state index contributed by atoms with van der Waals surface area (Å²) >= 11 is 0. The van der Waals surface area contributed by atoms with Crippen molar-refractivity contribution in [1.29, 1.82) is 0 Å². The van der Waals surface area contributed by atoms with E-state index in [-0.39, 0.29) is 12.5 Å². The minimum atomic E-state index is -0.868. The third-order valence-corrected chi connectivity index (χ3v) is 13.4. The normalized spacial score (nSPS) is 13.4. The fraction of sp³-hybridized carbons (Fsp3) is 0.766. The second-order valence-electron chi connectivity index (χ2n) is 20.0. The van der Waals surface area contributed by atoms with Crippen LogP contribution in [0.1, 0.15) is 296 Å². The maximum Gasteiger partial charge on any atom is 0.220 e. The molecule has 0 aromatic carbocycles. The Morgan fingerprint density at radius 2 is 0.662 bits per heavy atom. The number of carbonyl (C=O) groups excluding carboxylic acids is 1. The summed E-state index contributed by atoms with van der Waals surface area (Å²) < 4.78 is 0. The van der Waals surface area contributed by atoms with Crippen molar-refractivity contribution >= 4 is 5.91 Å². The summed E-state index contributed by atoms with van der Waals surface area (Å²) in [6, 6.07) is -0.645. The first kappa shape index (κ1) is 65.6. The van der Waals surface area contributed by atoms with Gasteiger partial charge >= 0.3 is 0 Å². The van der Waals surface area contributed by atoms with Crippen molar-refractivity contribution in [2.24, 2.45) is 0 Å². The van der Waals surface area contributed by atoms with Crippen LogP contribution in [-0.4, -0.2) is 34.9 Å². The SMILES string of the molecule is CC/C=C\C/C=C\C/C=C\C/C=C\C/C=C\CCCCCCCCCCCCCCCC(=O)NC(CO)C(O)/C=C/CC/C=C/CCCCCCCCCCCCCCCCCCCCCCC. The molecule has 0 saturated heterocycles. The number of rotatable bonds is 54. The van der Waals surface area contributed by atoms with Gasteiger partial charge in [-0.15, -0.1) is 0 Å². The fourth-order valence-corrected chi connectivity index (χ4v) is 8.87. The zero-order valence-electron chi connectivity index (χ0n) is 45.4. The van der Waals surface area contributed by atoms with Gasteiger partial charge in [-0.3, -0.25) is 4.79 Å². The van der Waals surface area contributed by atoms with Gasteiger partial charge in [0.25, 0.3) is 0 Å². The summed E-state index contributed by atoms with van der Waals surface area (Å²) in [5.41, 5.74) is 0. The monoisotopic (exact) mass is 946 g/mol. The van der Waals surface area contributed by atoms with Crippen LogP contribution in [0.3, 0.4) is 0 Å². The Hall–Kier alpha value is -2.43. The molecule has 0 spiro atoms. The smallest absolute Gasteiger partial charge is 0.220 e. The number of aliphatic hydroxyl groups excluding tert-OH is 2. The molecule has 1 amide bonds. The topological polar surface area (TPSA) is 69.6 Å². The number of hydrogen-bond donors (Lipinski definition) is 3. The molecule has 0 bridgehead atoms. The molecule has 2 unspecified atom stereocenters. The van der Waals surface area contributed by atoms with E-state index in [1.165, 1.54) is 212 Å². The lowest BCUT2D eigenvalue weighted by atomic mass is 10.0. The number of hydrogen-bond acceptors (Lipinski definition) is 3. The van der Waals surface area contributed by atoms with Gasteiger partial charge < -0.3 is 15.5 Å². The Morgan fingerprint density at radius 3 is 1.03 bits per heavy atom. The minimum absolute atomic E-state index is 0.0752. The quantitative estimate of drug-likeness (QED) is 0.0420. The van der Waals surface area contributed by atoms with Crippen LogP contribution < -0.4 is 5.32 Å². The van der Waals surface area contributed by atoms with E-state index < -0.39 is 12.1 Å². The van der Waals surface area contributed by atoms with Crippen molar-refractivity contribution in [3.8, 4) is 0 Å². The first-order valence-electron chi connectivity index (χ1n) is 29.8. The molecule has 4 heteroatoms. The number of unbranched alkanes of at least 4 members (excludes halogenated alkanes) is 35.